The first kappa shape index (κ1) is 10.2. The average molecular weight is 253 g/mol. The Morgan fingerprint density at radius 1 is 1.29 bits per heavy atom. The number of rotatable bonds is 1. The third-order valence-corrected chi connectivity index (χ3v) is 4.07. The third-order valence-electron chi connectivity index (χ3n) is 3.21. The molecule has 1 aliphatic carbocycles. The summed E-state index contributed by atoms with van der Waals surface area (Å²) in [6, 6.07) is 6.98. The first-order chi connectivity index (χ1) is 6.59. The molecule has 0 nitrogen and oxygen atoms in total. The van der Waals surface area contributed by atoms with Crippen LogP contribution in [-0.2, 0) is 0 Å². The molecule has 1 aliphatic rings. The van der Waals surface area contributed by atoms with Crippen molar-refractivity contribution < 1.29 is 0 Å². The Labute approximate surface area is 94.8 Å². The van der Waals surface area contributed by atoms with Crippen molar-refractivity contribution in [1.29, 1.82) is 0 Å². The third kappa shape index (κ3) is 1.63. The number of halogens is 1. The van der Waals surface area contributed by atoms with Crippen molar-refractivity contribution in [3.05, 3.63) is 34.9 Å². The lowest BCUT2D eigenvalue weighted by Gasteiger charge is -2.10. The number of hydrogen-bond donors (Lipinski definition) is 0. The lowest BCUT2D eigenvalue weighted by atomic mass is 9.96. The second-order valence-electron chi connectivity index (χ2n) is 4.65. The topological polar surface area (TPSA) is 0 Å². The minimum Gasteiger partial charge on any atom is -0.0838 e. The summed E-state index contributed by atoms with van der Waals surface area (Å²) >= 11 is 3.76. The highest BCUT2D eigenvalue weighted by Gasteiger charge is 2.26. The molecule has 0 radical (unpaired) electrons. The molecule has 0 bridgehead atoms. The zero-order valence-electron chi connectivity index (χ0n) is 9.05. The monoisotopic (exact) mass is 252 g/mol. The van der Waals surface area contributed by atoms with Crippen LogP contribution in [0.1, 0.15) is 60.5 Å². The van der Waals surface area contributed by atoms with Gasteiger partial charge in [0.2, 0.25) is 0 Å². The van der Waals surface area contributed by atoms with E-state index in [2.05, 4.69) is 54.9 Å². The molecule has 1 aromatic rings. The van der Waals surface area contributed by atoms with Crippen LogP contribution in [0.15, 0.2) is 18.2 Å². The molecular formula is C13H17Br. The summed E-state index contributed by atoms with van der Waals surface area (Å²) in [5, 5.41) is 0. The van der Waals surface area contributed by atoms with Gasteiger partial charge in [0.1, 0.15) is 0 Å². The summed E-state index contributed by atoms with van der Waals surface area (Å²) in [4.78, 5) is 0.575. The maximum atomic E-state index is 3.76. The molecule has 0 aliphatic heterocycles. The Balaban J connectivity index is 2.45. The van der Waals surface area contributed by atoms with Crippen molar-refractivity contribution in [3.63, 3.8) is 0 Å². The minimum atomic E-state index is 0.575. The van der Waals surface area contributed by atoms with Crippen LogP contribution < -0.4 is 0 Å². The number of alkyl halides is 1. The van der Waals surface area contributed by atoms with Gasteiger partial charge in [-0.2, -0.15) is 0 Å². The molecule has 14 heavy (non-hydrogen) atoms. The zero-order chi connectivity index (χ0) is 10.3. The molecule has 0 aromatic heterocycles. The van der Waals surface area contributed by atoms with Gasteiger partial charge in [0.15, 0.2) is 0 Å². The van der Waals surface area contributed by atoms with Crippen LogP contribution in [0.3, 0.4) is 0 Å². The summed E-state index contributed by atoms with van der Waals surface area (Å²) in [5.41, 5.74) is 4.52. The summed E-state index contributed by atoms with van der Waals surface area (Å²) in [6.45, 7) is 6.82. The van der Waals surface area contributed by atoms with E-state index in [4.69, 9.17) is 0 Å². The number of benzene rings is 1. The first-order valence-electron chi connectivity index (χ1n) is 5.37. The quantitative estimate of drug-likeness (QED) is 0.633. The summed E-state index contributed by atoms with van der Waals surface area (Å²) < 4.78 is 0. The molecule has 2 unspecified atom stereocenters. The molecule has 0 N–H and O–H groups in total. The van der Waals surface area contributed by atoms with Gasteiger partial charge in [0.25, 0.3) is 0 Å². The van der Waals surface area contributed by atoms with Gasteiger partial charge in [0, 0.05) is 4.83 Å². The standard InChI is InChI=1S/C13H17Br/c1-8(2)10-4-5-11-9(3)6-13(14)12(11)7-10/h4-5,7-9,13H,6H2,1-3H3. The predicted octanol–water partition coefficient (Wildman–Crippen LogP) is 4.75. The fraction of sp³-hybridized carbons (Fsp3) is 0.538. The lowest BCUT2D eigenvalue weighted by Crippen LogP contribution is -1.92. The van der Waals surface area contributed by atoms with E-state index in [0.29, 0.717) is 10.7 Å². The Hall–Kier alpha value is -0.300. The van der Waals surface area contributed by atoms with Crippen LogP contribution in [0.4, 0.5) is 0 Å². The van der Waals surface area contributed by atoms with E-state index < -0.39 is 0 Å². The van der Waals surface area contributed by atoms with E-state index >= 15 is 0 Å². The van der Waals surface area contributed by atoms with Crippen LogP contribution in [0.5, 0.6) is 0 Å². The van der Waals surface area contributed by atoms with Gasteiger partial charge < -0.3 is 0 Å². The van der Waals surface area contributed by atoms with Crippen LogP contribution in [0, 0.1) is 0 Å². The van der Waals surface area contributed by atoms with Gasteiger partial charge in [-0.3, -0.25) is 0 Å². The maximum Gasteiger partial charge on any atom is 0.0404 e. The van der Waals surface area contributed by atoms with Crippen LogP contribution in [0.25, 0.3) is 0 Å². The number of hydrogen-bond acceptors (Lipinski definition) is 0. The Morgan fingerprint density at radius 2 is 2.00 bits per heavy atom. The molecule has 0 amide bonds. The zero-order valence-corrected chi connectivity index (χ0v) is 10.6. The minimum absolute atomic E-state index is 0.575. The van der Waals surface area contributed by atoms with E-state index in [-0.39, 0.29) is 0 Å². The van der Waals surface area contributed by atoms with E-state index in [1.165, 1.54) is 23.1 Å². The highest BCUT2D eigenvalue weighted by Crippen LogP contribution is 2.45. The molecule has 0 saturated carbocycles. The second kappa shape index (κ2) is 3.69. The molecule has 1 aromatic carbocycles. The predicted molar refractivity (Wildman–Crippen MR) is 65.2 cm³/mol. The van der Waals surface area contributed by atoms with Crippen LogP contribution in [-0.4, -0.2) is 0 Å². The van der Waals surface area contributed by atoms with Crippen molar-refractivity contribution in [3.8, 4) is 0 Å². The SMILES string of the molecule is CC(C)c1ccc2c(c1)C(Br)CC2C. The van der Waals surface area contributed by atoms with E-state index in [1.807, 2.05) is 0 Å². The molecule has 2 rings (SSSR count). The van der Waals surface area contributed by atoms with Crippen molar-refractivity contribution in [1.82, 2.24) is 0 Å². The second-order valence-corrected chi connectivity index (χ2v) is 5.75. The van der Waals surface area contributed by atoms with Gasteiger partial charge >= 0.3 is 0 Å². The largest absolute Gasteiger partial charge is 0.0838 e. The smallest absolute Gasteiger partial charge is 0.0404 e. The Bertz CT molecular complexity index is 341. The number of fused-ring (bicyclic) bond motifs is 1. The fourth-order valence-electron chi connectivity index (χ4n) is 2.24. The average Bonchev–Trinajstić information content (AvgIpc) is 2.42. The van der Waals surface area contributed by atoms with Crippen LogP contribution >= 0.6 is 15.9 Å². The maximum absolute atomic E-state index is 3.76. The van der Waals surface area contributed by atoms with Crippen molar-refractivity contribution >= 4 is 15.9 Å². The van der Waals surface area contributed by atoms with E-state index in [0.717, 1.165) is 5.92 Å². The molecule has 0 spiro atoms. The summed E-state index contributed by atoms with van der Waals surface area (Å²) in [5.74, 6) is 1.35. The van der Waals surface area contributed by atoms with Crippen molar-refractivity contribution in [2.45, 2.75) is 43.9 Å². The Kier molecular flexibility index (Phi) is 2.70. The molecule has 1 heteroatoms. The molecule has 0 heterocycles. The van der Waals surface area contributed by atoms with Gasteiger partial charge in [-0.25, -0.2) is 0 Å². The highest BCUT2D eigenvalue weighted by atomic mass is 79.9. The molecule has 2 atom stereocenters. The first-order valence-corrected chi connectivity index (χ1v) is 6.29. The molecule has 76 valence electrons. The Morgan fingerprint density at radius 3 is 2.64 bits per heavy atom. The van der Waals surface area contributed by atoms with Gasteiger partial charge in [0.05, 0.1) is 0 Å². The normalized spacial score (nSPS) is 25.5. The molecular weight excluding hydrogens is 236 g/mol. The highest BCUT2D eigenvalue weighted by molar-refractivity contribution is 9.09. The van der Waals surface area contributed by atoms with Crippen molar-refractivity contribution in [2.24, 2.45) is 0 Å². The van der Waals surface area contributed by atoms with E-state index in [1.54, 1.807) is 0 Å². The molecule has 0 saturated heterocycles. The fourth-order valence-corrected chi connectivity index (χ4v) is 3.19. The van der Waals surface area contributed by atoms with Gasteiger partial charge in [-0.05, 0) is 34.9 Å². The van der Waals surface area contributed by atoms with Gasteiger partial charge in [-0.1, -0.05) is 54.9 Å². The molecule has 0 fully saturated rings. The van der Waals surface area contributed by atoms with Gasteiger partial charge in [-0.15, -0.1) is 0 Å². The summed E-state index contributed by atoms with van der Waals surface area (Å²) in [6.07, 6.45) is 1.25. The lowest BCUT2D eigenvalue weighted by molar-refractivity contribution is 0.743. The van der Waals surface area contributed by atoms with E-state index in [9.17, 15) is 0 Å². The van der Waals surface area contributed by atoms with Crippen LogP contribution in [0.2, 0.25) is 0 Å². The summed E-state index contributed by atoms with van der Waals surface area (Å²) in [7, 11) is 0. The van der Waals surface area contributed by atoms with Crippen molar-refractivity contribution in [2.75, 3.05) is 0 Å².